The third-order valence-corrected chi connectivity index (χ3v) is 2.45. The molecule has 0 radical (unpaired) electrons. The maximum atomic E-state index is 11.9. The van der Waals surface area contributed by atoms with Gasteiger partial charge in [-0.3, -0.25) is 9.78 Å². The van der Waals surface area contributed by atoms with Gasteiger partial charge in [-0.05, 0) is 13.0 Å². The van der Waals surface area contributed by atoms with Crippen LogP contribution < -0.4 is 0 Å². The highest BCUT2D eigenvalue weighted by molar-refractivity contribution is 6.33. The van der Waals surface area contributed by atoms with Gasteiger partial charge in [0, 0.05) is 32.6 Å². The van der Waals surface area contributed by atoms with Crippen LogP contribution in [0.1, 0.15) is 17.3 Å². The fourth-order valence-electron chi connectivity index (χ4n) is 1.19. The van der Waals surface area contributed by atoms with Crippen molar-refractivity contribution in [2.75, 3.05) is 26.8 Å². The molecule has 88 valence electrons. The highest BCUT2D eigenvalue weighted by atomic mass is 35.5. The van der Waals surface area contributed by atoms with Gasteiger partial charge in [0.1, 0.15) is 0 Å². The van der Waals surface area contributed by atoms with E-state index in [4.69, 9.17) is 16.3 Å². The van der Waals surface area contributed by atoms with Gasteiger partial charge in [-0.1, -0.05) is 11.6 Å². The number of aromatic nitrogens is 1. The Hall–Kier alpha value is -1.13. The van der Waals surface area contributed by atoms with Crippen LogP contribution in [-0.4, -0.2) is 42.6 Å². The number of ether oxygens (including phenoxy) is 1. The van der Waals surface area contributed by atoms with Crippen molar-refractivity contribution in [3.8, 4) is 0 Å². The summed E-state index contributed by atoms with van der Waals surface area (Å²) < 4.78 is 5.18. The maximum absolute atomic E-state index is 11.9. The van der Waals surface area contributed by atoms with Crippen molar-refractivity contribution < 1.29 is 9.53 Å². The van der Waals surface area contributed by atoms with Crippen LogP contribution in [-0.2, 0) is 4.74 Å². The summed E-state index contributed by atoms with van der Waals surface area (Å²) in [6.45, 7) is 3.63. The first-order valence-corrected chi connectivity index (χ1v) is 5.47. The van der Waals surface area contributed by atoms with Crippen LogP contribution in [0.25, 0.3) is 0 Å². The third-order valence-electron chi connectivity index (χ3n) is 2.12. The van der Waals surface area contributed by atoms with Crippen LogP contribution in [0.2, 0.25) is 5.02 Å². The molecule has 0 N–H and O–H groups in total. The van der Waals surface area contributed by atoms with Gasteiger partial charge in [0.05, 0.1) is 17.2 Å². The standard InChI is InChI=1S/C11H15ClN2O2/c1-3-16-7-6-14(2)11(15)9-8-13-5-4-10(9)12/h4-5,8H,3,6-7H2,1-2H3. The van der Waals surface area contributed by atoms with E-state index in [0.29, 0.717) is 30.3 Å². The van der Waals surface area contributed by atoms with Gasteiger partial charge in [-0.15, -0.1) is 0 Å². The van der Waals surface area contributed by atoms with Gasteiger partial charge in [-0.25, -0.2) is 0 Å². The average Bonchev–Trinajstić information content (AvgIpc) is 2.29. The Morgan fingerprint density at radius 3 is 3.00 bits per heavy atom. The van der Waals surface area contributed by atoms with Gasteiger partial charge in [0.15, 0.2) is 0 Å². The van der Waals surface area contributed by atoms with Gasteiger partial charge >= 0.3 is 0 Å². The quantitative estimate of drug-likeness (QED) is 0.740. The van der Waals surface area contributed by atoms with Crippen molar-refractivity contribution >= 4 is 17.5 Å². The van der Waals surface area contributed by atoms with Crippen LogP contribution in [0.15, 0.2) is 18.5 Å². The molecule has 5 heteroatoms. The minimum atomic E-state index is -0.141. The lowest BCUT2D eigenvalue weighted by Gasteiger charge is -2.17. The van der Waals surface area contributed by atoms with Crippen molar-refractivity contribution in [3.63, 3.8) is 0 Å². The summed E-state index contributed by atoms with van der Waals surface area (Å²) in [5, 5.41) is 0.420. The summed E-state index contributed by atoms with van der Waals surface area (Å²) in [5.74, 6) is -0.141. The van der Waals surface area contributed by atoms with Gasteiger partial charge in [-0.2, -0.15) is 0 Å². The first-order valence-electron chi connectivity index (χ1n) is 5.09. The zero-order chi connectivity index (χ0) is 12.0. The van der Waals surface area contributed by atoms with E-state index < -0.39 is 0 Å². The molecule has 0 unspecified atom stereocenters. The first-order chi connectivity index (χ1) is 7.66. The molecule has 0 fully saturated rings. The molecule has 0 atom stereocenters. The molecule has 1 aromatic heterocycles. The molecule has 1 aromatic rings. The second kappa shape index (κ2) is 6.45. The largest absolute Gasteiger partial charge is 0.380 e. The molecular formula is C11H15ClN2O2. The van der Waals surface area contributed by atoms with E-state index in [1.807, 2.05) is 6.92 Å². The van der Waals surface area contributed by atoms with Crippen molar-refractivity contribution in [1.82, 2.24) is 9.88 Å². The summed E-state index contributed by atoms with van der Waals surface area (Å²) in [6, 6.07) is 1.60. The normalized spacial score (nSPS) is 10.2. The predicted octanol–water partition coefficient (Wildman–Crippen LogP) is 1.84. The zero-order valence-electron chi connectivity index (χ0n) is 9.44. The molecule has 1 rings (SSSR count). The van der Waals surface area contributed by atoms with Crippen molar-refractivity contribution in [2.24, 2.45) is 0 Å². The summed E-state index contributed by atoms with van der Waals surface area (Å²) >= 11 is 5.91. The number of rotatable bonds is 5. The number of carbonyl (C=O) groups is 1. The summed E-state index contributed by atoms with van der Waals surface area (Å²) in [6.07, 6.45) is 3.03. The number of likely N-dealkylation sites (N-methyl/N-ethyl adjacent to an activating group) is 1. The van der Waals surface area contributed by atoms with E-state index in [1.54, 1.807) is 24.2 Å². The molecule has 0 aliphatic rings. The Labute approximate surface area is 100 Å². The minimum absolute atomic E-state index is 0.141. The van der Waals surface area contributed by atoms with E-state index >= 15 is 0 Å². The summed E-state index contributed by atoms with van der Waals surface area (Å²) in [7, 11) is 1.71. The minimum Gasteiger partial charge on any atom is -0.380 e. The van der Waals surface area contributed by atoms with Crippen molar-refractivity contribution in [2.45, 2.75) is 6.92 Å². The van der Waals surface area contributed by atoms with E-state index in [0.717, 1.165) is 0 Å². The Balaban J connectivity index is 2.60. The molecule has 0 saturated heterocycles. The Bertz CT molecular complexity index is 358. The van der Waals surface area contributed by atoms with Gasteiger partial charge < -0.3 is 9.64 Å². The highest BCUT2D eigenvalue weighted by Gasteiger charge is 2.14. The monoisotopic (exact) mass is 242 g/mol. The lowest BCUT2D eigenvalue weighted by Crippen LogP contribution is -2.30. The zero-order valence-corrected chi connectivity index (χ0v) is 10.2. The number of hydrogen-bond donors (Lipinski definition) is 0. The van der Waals surface area contributed by atoms with Crippen LogP contribution in [0.3, 0.4) is 0 Å². The molecule has 16 heavy (non-hydrogen) atoms. The molecule has 0 aliphatic heterocycles. The summed E-state index contributed by atoms with van der Waals surface area (Å²) in [5.41, 5.74) is 0.420. The Morgan fingerprint density at radius 2 is 2.38 bits per heavy atom. The molecule has 0 saturated carbocycles. The number of pyridine rings is 1. The number of carbonyl (C=O) groups excluding carboxylic acids is 1. The Kier molecular flexibility index (Phi) is 5.22. The van der Waals surface area contributed by atoms with E-state index in [9.17, 15) is 4.79 Å². The molecule has 0 aliphatic carbocycles. The molecule has 1 amide bonds. The topological polar surface area (TPSA) is 42.4 Å². The van der Waals surface area contributed by atoms with Crippen LogP contribution in [0, 0.1) is 0 Å². The predicted molar refractivity (Wildman–Crippen MR) is 62.7 cm³/mol. The molecule has 4 nitrogen and oxygen atoms in total. The molecular weight excluding hydrogens is 228 g/mol. The van der Waals surface area contributed by atoms with Crippen molar-refractivity contribution in [3.05, 3.63) is 29.0 Å². The van der Waals surface area contributed by atoms with Crippen molar-refractivity contribution in [1.29, 1.82) is 0 Å². The van der Waals surface area contributed by atoms with Crippen LogP contribution >= 0.6 is 11.6 Å². The summed E-state index contributed by atoms with van der Waals surface area (Å²) in [4.78, 5) is 17.4. The van der Waals surface area contributed by atoms with Gasteiger partial charge in [0.2, 0.25) is 0 Å². The molecule has 0 spiro atoms. The molecule has 1 heterocycles. The van der Waals surface area contributed by atoms with E-state index in [-0.39, 0.29) is 5.91 Å². The SMILES string of the molecule is CCOCCN(C)C(=O)c1cnccc1Cl. The second-order valence-electron chi connectivity index (χ2n) is 3.28. The fraction of sp³-hybridized carbons (Fsp3) is 0.455. The fourth-order valence-corrected chi connectivity index (χ4v) is 1.37. The van der Waals surface area contributed by atoms with E-state index in [2.05, 4.69) is 4.98 Å². The van der Waals surface area contributed by atoms with E-state index in [1.165, 1.54) is 6.20 Å². The van der Waals surface area contributed by atoms with Crippen LogP contribution in [0.4, 0.5) is 0 Å². The number of nitrogens with zero attached hydrogens (tertiary/aromatic N) is 2. The Morgan fingerprint density at radius 1 is 1.62 bits per heavy atom. The third kappa shape index (κ3) is 3.47. The smallest absolute Gasteiger partial charge is 0.256 e. The first kappa shape index (κ1) is 12.9. The second-order valence-corrected chi connectivity index (χ2v) is 3.69. The molecule has 0 bridgehead atoms. The number of hydrogen-bond acceptors (Lipinski definition) is 3. The number of amides is 1. The lowest BCUT2D eigenvalue weighted by molar-refractivity contribution is 0.0709. The maximum Gasteiger partial charge on any atom is 0.256 e. The lowest BCUT2D eigenvalue weighted by atomic mass is 10.2. The highest BCUT2D eigenvalue weighted by Crippen LogP contribution is 2.14. The average molecular weight is 243 g/mol. The molecule has 0 aromatic carbocycles. The van der Waals surface area contributed by atoms with Gasteiger partial charge in [0.25, 0.3) is 5.91 Å². The number of halogens is 1. The van der Waals surface area contributed by atoms with Crippen LogP contribution in [0.5, 0.6) is 0 Å².